The molecule has 0 spiro atoms. The molecule has 4 nitrogen and oxygen atoms in total. The Labute approximate surface area is 110 Å². The maximum atomic E-state index is 13.7. The van der Waals surface area contributed by atoms with Crippen molar-refractivity contribution in [1.82, 2.24) is 9.88 Å². The van der Waals surface area contributed by atoms with Crippen molar-refractivity contribution in [3.05, 3.63) is 10.8 Å². The molecule has 0 bridgehead atoms. The van der Waals surface area contributed by atoms with Gasteiger partial charge in [-0.15, -0.1) is 0 Å². The molecule has 1 aromatic rings. The van der Waals surface area contributed by atoms with Gasteiger partial charge in [0.05, 0.1) is 4.88 Å². The molecular weight excluding hydrogens is 253 g/mol. The number of nitrogens with zero attached hydrogens (tertiary/aromatic N) is 2. The van der Waals surface area contributed by atoms with Crippen LogP contribution in [0.5, 0.6) is 0 Å². The van der Waals surface area contributed by atoms with Crippen molar-refractivity contribution in [1.29, 1.82) is 0 Å². The van der Waals surface area contributed by atoms with Crippen LogP contribution in [0.15, 0.2) is 0 Å². The highest BCUT2D eigenvalue weighted by Gasteiger charge is 2.21. The zero-order chi connectivity index (χ0) is 13.1. The van der Waals surface area contributed by atoms with Crippen molar-refractivity contribution in [3.8, 4) is 0 Å². The van der Waals surface area contributed by atoms with Crippen LogP contribution in [0.1, 0.15) is 38.0 Å². The van der Waals surface area contributed by atoms with E-state index in [-0.39, 0.29) is 5.91 Å². The number of amides is 1. The molecular formula is C12H18FN3OS. The maximum Gasteiger partial charge on any atom is 0.230 e. The van der Waals surface area contributed by atoms with Crippen LogP contribution in [-0.2, 0) is 11.3 Å². The fraction of sp³-hybridized carbons (Fsp3) is 0.667. The third kappa shape index (κ3) is 3.26. The first-order valence-corrected chi connectivity index (χ1v) is 7.04. The summed E-state index contributed by atoms with van der Waals surface area (Å²) in [5.41, 5.74) is 0. The van der Waals surface area contributed by atoms with Crippen LogP contribution in [0.25, 0.3) is 0 Å². The summed E-state index contributed by atoms with van der Waals surface area (Å²) in [5, 5.41) is 2.87. The number of nitrogens with one attached hydrogen (secondary N) is 1. The van der Waals surface area contributed by atoms with Crippen molar-refractivity contribution < 1.29 is 9.18 Å². The number of carbonyl (C=O) groups is 1. The minimum atomic E-state index is -0.457. The molecule has 1 atom stereocenters. The van der Waals surface area contributed by atoms with Crippen LogP contribution in [0, 0.1) is 5.95 Å². The number of carbonyl (C=O) groups excluding carboxylic acids is 1. The summed E-state index contributed by atoms with van der Waals surface area (Å²) >= 11 is 1.22. The van der Waals surface area contributed by atoms with E-state index in [1.54, 1.807) is 0 Å². The summed E-state index contributed by atoms with van der Waals surface area (Å²) in [4.78, 5) is 17.5. The highest BCUT2D eigenvalue weighted by Crippen LogP contribution is 2.26. The van der Waals surface area contributed by atoms with Crippen LogP contribution in [0.4, 0.5) is 9.52 Å². The lowest BCUT2D eigenvalue weighted by Gasteiger charge is -2.32. The average Bonchev–Trinajstić information content (AvgIpc) is 2.61. The third-order valence-electron chi connectivity index (χ3n) is 3.22. The summed E-state index contributed by atoms with van der Waals surface area (Å²) in [5.74, 6) is -0.678. The van der Waals surface area contributed by atoms with Gasteiger partial charge in [0.15, 0.2) is 5.13 Å². The van der Waals surface area contributed by atoms with Gasteiger partial charge in [0.1, 0.15) is 0 Å². The Balaban J connectivity index is 2.04. The highest BCUT2D eigenvalue weighted by atomic mass is 32.1. The van der Waals surface area contributed by atoms with Crippen molar-refractivity contribution in [2.24, 2.45) is 0 Å². The number of aromatic nitrogens is 1. The van der Waals surface area contributed by atoms with Crippen LogP contribution in [0.2, 0.25) is 0 Å². The lowest BCUT2D eigenvalue weighted by atomic mass is 10.0. The van der Waals surface area contributed by atoms with E-state index in [4.69, 9.17) is 0 Å². The van der Waals surface area contributed by atoms with Crippen molar-refractivity contribution in [2.75, 3.05) is 11.9 Å². The molecule has 0 saturated carbocycles. The number of hydrogen-bond donors (Lipinski definition) is 1. The van der Waals surface area contributed by atoms with Gasteiger partial charge in [0.25, 0.3) is 0 Å². The molecule has 1 saturated heterocycles. The second-order valence-electron chi connectivity index (χ2n) is 4.73. The predicted molar refractivity (Wildman–Crippen MR) is 70.1 cm³/mol. The van der Waals surface area contributed by atoms with Crippen molar-refractivity contribution in [3.63, 3.8) is 0 Å². The first-order chi connectivity index (χ1) is 8.56. The molecule has 18 heavy (non-hydrogen) atoms. The average molecular weight is 271 g/mol. The number of likely N-dealkylation sites (tertiary alicyclic amines) is 1. The molecule has 0 unspecified atom stereocenters. The van der Waals surface area contributed by atoms with E-state index in [2.05, 4.69) is 22.1 Å². The zero-order valence-corrected chi connectivity index (χ0v) is 11.5. The van der Waals surface area contributed by atoms with E-state index in [0.717, 1.165) is 6.54 Å². The lowest BCUT2D eigenvalue weighted by Crippen LogP contribution is -2.36. The molecule has 1 fully saturated rings. The minimum Gasteiger partial charge on any atom is -0.302 e. The number of anilines is 1. The van der Waals surface area contributed by atoms with E-state index >= 15 is 0 Å². The molecule has 100 valence electrons. The van der Waals surface area contributed by atoms with E-state index in [1.807, 2.05) is 0 Å². The van der Waals surface area contributed by atoms with Gasteiger partial charge < -0.3 is 5.32 Å². The van der Waals surface area contributed by atoms with Gasteiger partial charge >= 0.3 is 0 Å². The molecule has 1 amide bonds. The van der Waals surface area contributed by atoms with Crippen LogP contribution in [0.3, 0.4) is 0 Å². The monoisotopic (exact) mass is 271 g/mol. The van der Waals surface area contributed by atoms with E-state index in [0.29, 0.717) is 22.6 Å². The lowest BCUT2D eigenvalue weighted by molar-refractivity contribution is -0.114. The number of halogens is 1. The fourth-order valence-corrected chi connectivity index (χ4v) is 3.13. The summed E-state index contributed by atoms with van der Waals surface area (Å²) in [6, 6.07) is 0.490. The summed E-state index contributed by atoms with van der Waals surface area (Å²) in [6.45, 7) is 5.16. The molecule has 1 aromatic heterocycles. The second-order valence-corrected chi connectivity index (χ2v) is 5.81. The SMILES string of the molecule is CC(=O)Nc1nc(F)c(CN2CCCC[C@@H]2C)s1. The third-order valence-corrected chi connectivity index (χ3v) is 4.15. The molecule has 1 N–H and O–H groups in total. The standard InChI is InChI=1S/C12H18FN3OS/c1-8-5-3-4-6-16(8)7-10-11(13)15-12(18-10)14-9(2)17/h8H,3-7H2,1-2H3,(H,14,15,17)/t8-/m0/s1. The fourth-order valence-electron chi connectivity index (χ4n) is 2.21. The quantitative estimate of drug-likeness (QED) is 0.919. The van der Waals surface area contributed by atoms with Gasteiger partial charge in [-0.05, 0) is 26.3 Å². The molecule has 0 aromatic carbocycles. The summed E-state index contributed by atoms with van der Waals surface area (Å²) < 4.78 is 13.7. The Bertz CT molecular complexity index is 435. The molecule has 0 aliphatic carbocycles. The largest absolute Gasteiger partial charge is 0.302 e. The number of thiazole rings is 1. The molecule has 2 rings (SSSR count). The highest BCUT2D eigenvalue weighted by molar-refractivity contribution is 7.15. The van der Waals surface area contributed by atoms with Gasteiger partial charge in [-0.25, -0.2) is 0 Å². The maximum absolute atomic E-state index is 13.7. The van der Waals surface area contributed by atoms with Gasteiger partial charge in [0.2, 0.25) is 11.9 Å². The van der Waals surface area contributed by atoms with Crippen LogP contribution >= 0.6 is 11.3 Å². The predicted octanol–water partition coefficient (Wildman–Crippen LogP) is 2.62. The second kappa shape index (κ2) is 5.75. The van der Waals surface area contributed by atoms with E-state index in [9.17, 15) is 9.18 Å². The van der Waals surface area contributed by atoms with Gasteiger partial charge in [-0.1, -0.05) is 17.8 Å². The molecule has 6 heteroatoms. The summed E-state index contributed by atoms with van der Waals surface area (Å²) in [7, 11) is 0. The Morgan fingerprint density at radius 2 is 2.39 bits per heavy atom. The Kier molecular flexibility index (Phi) is 4.29. The van der Waals surface area contributed by atoms with Gasteiger partial charge in [0, 0.05) is 19.5 Å². The number of rotatable bonds is 3. The molecule has 2 heterocycles. The Morgan fingerprint density at radius 3 is 3.06 bits per heavy atom. The Morgan fingerprint density at radius 1 is 1.61 bits per heavy atom. The van der Waals surface area contributed by atoms with Crippen molar-refractivity contribution in [2.45, 2.75) is 45.7 Å². The Hall–Kier alpha value is -1.01. The minimum absolute atomic E-state index is 0.221. The number of hydrogen-bond acceptors (Lipinski definition) is 4. The first-order valence-electron chi connectivity index (χ1n) is 6.23. The number of piperidine rings is 1. The van der Waals surface area contributed by atoms with Crippen LogP contribution in [-0.4, -0.2) is 28.4 Å². The topological polar surface area (TPSA) is 45.2 Å². The van der Waals surface area contributed by atoms with Gasteiger partial charge in [-0.2, -0.15) is 9.37 Å². The van der Waals surface area contributed by atoms with Crippen LogP contribution < -0.4 is 5.32 Å². The normalized spacial score (nSPS) is 20.9. The first kappa shape index (κ1) is 13.4. The van der Waals surface area contributed by atoms with E-state index < -0.39 is 5.95 Å². The van der Waals surface area contributed by atoms with E-state index in [1.165, 1.54) is 37.5 Å². The van der Waals surface area contributed by atoms with Crippen molar-refractivity contribution >= 4 is 22.4 Å². The smallest absolute Gasteiger partial charge is 0.230 e. The molecule has 0 radical (unpaired) electrons. The molecule has 1 aliphatic rings. The summed E-state index contributed by atoms with van der Waals surface area (Å²) in [6.07, 6.45) is 3.59. The zero-order valence-electron chi connectivity index (χ0n) is 10.7. The van der Waals surface area contributed by atoms with Gasteiger partial charge in [-0.3, -0.25) is 9.69 Å². The molecule has 1 aliphatic heterocycles.